The molecule has 14 heavy (non-hydrogen) atoms. The summed E-state index contributed by atoms with van der Waals surface area (Å²) in [5, 5.41) is 0. The highest BCUT2D eigenvalue weighted by atomic mass is 32.1. The summed E-state index contributed by atoms with van der Waals surface area (Å²) in [5.74, 6) is -0.349. The molecule has 1 aliphatic rings. The molecular formula is C9H16N2O2S. The second-order valence-electron chi connectivity index (χ2n) is 3.55. The predicted molar refractivity (Wildman–Crippen MR) is 57.9 cm³/mol. The first-order valence-electron chi connectivity index (χ1n) is 4.67. The van der Waals surface area contributed by atoms with E-state index in [2.05, 4.69) is 0 Å². The lowest BCUT2D eigenvalue weighted by Gasteiger charge is -2.19. The summed E-state index contributed by atoms with van der Waals surface area (Å²) < 4.78 is 5.17. The molecule has 4 nitrogen and oxygen atoms in total. The predicted octanol–water partition coefficient (Wildman–Crippen LogP) is 0.156. The monoisotopic (exact) mass is 216 g/mol. The lowest BCUT2D eigenvalue weighted by atomic mass is 10.1. The molecule has 1 heterocycles. The van der Waals surface area contributed by atoms with E-state index in [1.807, 2.05) is 0 Å². The van der Waals surface area contributed by atoms with E-state index < -0.39 is 0 Å². The van der Waals surface area contributed by atoms with E-state index in [1.54, 1.807) is 18.9 Å². The van der Waals surface area contributed by atoms with Gasteiger partial charge in [0.05, 0.1) is 17.0 Å². The number of nitrogens with zero attached hydrogens (tertiary/aromatic N) is 1. The Morgan fingerprint density at radius 2 is 2.36 bits per heavy atom. The van der Waals surface area contributed by atoms with Crippen molar-refractivity contribution in [1.82, 2.24) is 4.90 Å². The molecule has 0 spiro atoms. The van der Waals surface area contributed by atoms with Gasteiger partial charge in [-0.05, 0) is 13.3 Å². The van der Waals surface area contributed by atoms with Gasteiger partial charge in [-0.1, -0.05) is 12.2 Å². The van der Waals surface area contributed by atoms with Crippen molar-refractivity contribution in [3.63, 3.8) is 0 Å². The molecule has 2 N–H and O–H groups in total. The van der Waals surface area contributed by atoms with Gasteiger partial charge in [-0.15, -0.1) is 0 Å². The van der Waals surface area contributed by atoms with Crippen LogP contribution >= 0.6 is 12.2 Å². The first kappa shape index (κ1) is 11.4. The maximum atomic E-state index is 11.8. The van der Waals surface area contributed by atoms with Gasteiger partial charge in [-0.25, -0.2) is 0 Å². The summed E-state index contributed by atoms with van der Waals surface area (Å²) >= 11 is 4.79. The van der Waals surface area contributed by atoms with E-state index in [-0.39, 0.29) is 22.9 Å². The molecular weight excluding hydrogens is 200 g/mol. The minimum Gasteiger partial charge on any atom is -0.393 e. The maximum absolute atomic E-state index is 11.8. The zero-order valence-corrected chi connectivity index (χ0v) is 9.34. The van der Waals surface area contributed by atoms with Crippen LogP contribution in [-0.2, 0) is 9.53 Å². The summed E-state index contributed by atoms with van der Waals surface area (Å²) in [7, 11) is 1.66. The SMILES string of the molecule is COC1CCN(C(=O)C(C)C(N)=S)C1. The number of carbonyl (C=O) groups excluding carboxylic acids is 1. The number of hydrogen-bond donors (Lipinski definition) is 1. The summed E-state index contributed by atoms with van der Waals surface area (Å²) in [6.07, 6.45) is 1.06. The molecule has 0 aromatic carbocycles. The van der Waals surface area contributed by atoms with E-state index in [9.17, 15) is 4.79 Å². The van der Waals surface area contributed by atoms with Crippen molar-refractivity contribution >= 4 is 23.1 Å². The van der Waals surface area contributed by atoms with Crippen LogP contribution in [0, 0.1) is 5.92 Å². The number of rotatable bonds is 3. The van der Waals surface area contributed by atoms with Gasteiger partial charge in [0, 0.05) is 20.2 Å². The summed E-state index contributed by atoms with van der Waals surface area (Å²) in [4.78, 5) is 13.8. The topological polar surface area (TPSA) is 55.6 Å². The lowest BCUT2D eigenvalue weighted by Crippen LogP contribution is -2.39. The van der Waals surface area contributed by atoms with Crippen LogP contribution in [0.25, 0.3) is 0 Å². The van der Waals surface area contributed by atoms with Crippen molar-refractivity contribution in [2.45, 2.75) is 19.4 Å². The largest absolute Gasteiger partial charge is 0.393 e. The minimum absolute atomic E-state index is 0.0112. The van der Waals surface area contributed by atoms with Gasteiger partial charge in [-0.2, -0.15) is 0 Å². The molecule has 0 aliphatic carbocycles. The number of hydrogen-bond acceptors (Lipinski definition) is 3. The molecule has 2 unspecified atom stereocenters. The molecule has 1 rings (SSSR count). The van der Waals surface area contributed by atoms with E-state index >= 15 is 0 Å². The molecule has 1 aliphatic heterocycles. The van der Waals surface area contributed by atoms with Gasteiger partial charge in [0.2, 0.25) is 5.91 Å². The van der Waals surface area contributed by atoms with Crippen LogP contribution < -0.4 is 5.73 Å². The Morgan fingerprint density at radius 1 is 1.71 bits per heavy atom. The van der Waals surface area contributed by atoms with Crippen molar-refractivity contribution in [3.8, 4) is 0 Å². The normalized spacial score (nSPS) is 23.6. The summed E-state index contributed by atoms with van der Waals surface area (Å²) in [6, 6.07) is 0. The van der Waals surface area contributed by atoms with E-state index in [4.69, 9.17) is 22.7 Å². The highest BCUT2D eigenvalue weighted by molar-refractivity contribution is 7.80. The number of methoxy groups -OCH3 is 1. The number of nitrogens with two attached hydrogens (primary N) is 1. The van der Waals surface area contributed by atoms with Crippen LogP contribution in [0.15, 0.2) is 0 Å². The minimum atomic E-state index is -0.361. The highest BCUT2D eigenvalue weighted by Gasteiger charge is 2.29. The number of carbonyl (C=O) groups is 1. The quantitative estimate of drug-likeness (QED) is 0.683. The first-order chi connectivity index (χ1) is 6.56. The van der Waals surface area contributed by atoms with Crippen molar-refractivity contribution < 1.29 is 9.53 Å². The zero-order valence-electron chi connectivity index (χ0n) is 8.53. The smallest absolute Gasteiger partial charge is 0.232 e. The van der Waals surface area contributed by atoms with Gasteiger partial charge in [0.1, 0.15) is 0 Å². The number of thiocarbonyl (C=S) groups is 1. The van der Waals surface area contributed by atoms with E-state index in [0.29, 0.717) is 6.54 Å². The van der Waals surface area contributed by atoms with Crippen LogP contribution in [-0.4, -0.2) is 42.1 Å². The molecule has 0 aromatic heterocycles. The van der Waals surface area contributed by atoms with Crippen molar-refractivity contribution in [2.75, 3.05) is 20.2 Å². The van der Waals surface area contributed by atoms with Gasteiger partial charge >= 0.3 is 0 Å². The number of amides is 1. The fourth-order valence-electron chi connectivity index (χ4n) is 1.52. The third kappa shape index (κ3) is 2.42. The Labute approximate surface area is 89.4 Å². The summed E-state index contributed by atoms with van der Waals surface area (Å²) in [6.45, 7) is 3.14. The zero-order chi connectivity index (χ0) is 10.7. The lowest BCUT2D eigenvalue weighted by molar-refractivity contribution is -0.132. The van der Waals surface area contributed by atoms with Gasteiger partial charge in [0.25, 0.3) is 0 Å². The third-order valence-corrected chi connectivity index (χ3v) is 2.94. The molecule has 80 valence electrons. The van der Waals surface area contributed by atoms with Crippen LogP contribution in [0.4, 0.5) is 0 Å². The molecule has 1 amide bonds. The molecule has 1 saturated heterocycles. The molecule has 0 saturated carbocycles. The van der Waals surface area contributed by atoms with Crippen molar-refractivity contribution in [1.29, 1.82) is 0 Å². The Balaban J connectivity index is 2.51. The first-order valence-corrected chi connectivity index (χ1v) is 5.08. The average molecular weight is 216 g/mol. The van der Waals surface area contributed by atoms with Crippen LogP contribution in [0.3, 0.4) is 0 Å². The molecule has 0 aromatic rings. The molecule has 5 heteroatoms. The van der Waals surface area contributed by atoms with Gasteiger partial charge < -0.3 is 15.4 Å². The van der Waals surface area contributed by atoms with Gasteiger partial charge in [-0.3, -0.25) is 4.79 Å². The molecule has 0 bridgehead atoms. The fourth-order valence-corrected chi connectivity index (χ4v) is 1.62. The van der Waals surface area contributed by atoms with Crippen molar-refractivity contribution in [2.24, 2.45) is 11.7 Å². The van der Waals surface area contributed by atoms with E-state index in [0.717, 1.165) is 13.0 Å². The average Bonchev–Trinajstić information content (AvgIpc) is 2.63. The Bertz CT molecular complexity index is 245. The van der Waals surface area contributed by atoms with Crippen molar-refractivity contribution in [3.05, 3.63) is 0 Å². The Morgan fingerprint density at radius 3 is 2.79 bits per heavy atom. The van der Waals surface area contributed by atoms with Gasteiger partial charge in [0.15, 0.2) is 0 Å². The van der Waals surface area contributed by atoms with Crippen LogP contribution in [0.2, 0.25) is 0 Å². The third-order valence-electron chi connectivity index (χ3n) is 2.59. The number of ether oxygens (including phenoxy) is 1. The fraction of sp³-hybridized carbons (Fsp3) is 0.778. The number of likely N-dealkylation sites (tertiary alicyclic amines) is 1. The van der Waals surface area contributed by atoms with Crippen LogP contribution in [0.1, 0.15) is 13.3 Å². The van der Waals surface area contributed by atoms with E-state index in [1.165, 1.54) is 0 Å². The Hall–Kier alpha value is -0.680. The molecule has 1 fully saturated rings. The maximum Gasteiger partial charge on any atom is 0.232 e. The second-order valence-corrected chi connectivity index (χ2v) is 4.03. The molecule has 0 radical (unpaired) electrons. The Kier molecular flexibility index (Phi) is 3.83. The summed E-state index contributed by atoms with van der Waals surface area (Å²) in [5.41, 5.74) is 5.42. The van der Waals surface area contributed by atoms with Crippen LogP contribution in [0.5, 0.6) is 0 Å². The highest BCUT2D eigenvalue weighted by Crippen LogP contribution is 2.14. The standard InChI is InChI=1S/C9H16N2O2S/c1-6(8(10)14)9(12)11-4-3-7(5-11)13-2/h6-7H,3-5H2,1-2H3,(H2,10,14). The molecule has 2 atom stereocenters. The second kappa shape index (κ2) is 4.70.